The van der Waals surface area contributed by atoms with Crippen LogP contribution in [0.1, 0.15) is 27.4 Å². The lowest BCUT2D eigenvalue weighted by Gasteiger charge is -2.10. The minimum absolute atomic E-state index is 0.256. The quantitative estimate of drug-likeness (QED) is 0.421. The Morgan fingerprint density at radius 3 is 2.19 bits per heavy atom. The molecule has 0 bridgehead atoms. The molecule has 0 aliphatic carbocycles. The first kappa shape index (κ1) is 20.0. The lowest BCUT2D eigenvalue weighted by Crippen LogP contribution is -2.13. The van der Waals surface area contributed by atoms with Crippen molar-refractivity contribution in [2.24, 2.45) is 0 Å². The number of carbonyl (C=O) groups excluding carboxylic acids is 1. The smallest absolute Gasteiger partial charge is 0.261 e. The minimum atomic E-state index is -0.256. The van der Waals surface area contributed by atoms with Crippen molar-refractivity contribution >= 4 is 34.7 Å². The molecule has 0 unspecified atom stereocenters. The number of nitrogens with zero attached hydrogens (tertiary/aromatic N) is 4. The Kier molecular flexibility index (Phi) is 5.57. The zero-order valence-corrected chi connectivity index (χ0v) is 17.3. The maximum Gasteiger partial charge on any atom is 0.261 e. The second-order valence-electron chi connectivity index (χ2n) is 6.99. The van der Waals surface area contributed by atoms with Crippen LogP contribution in [0.4, 0.5) is 28.8 Å². The topological polar surface area (TPSA) is 118 Å². The molecule has 3 N–H and O–H groups in total. The first-order valence-electron chi connectivity index (χ1n) is 9.61. The highest BCUT2D eigenvalue weighted by atomic mass is 16.5. The number of carbonyl (C=O) groups is 1. The molecule has 3 aromatic heterocycles. The van der Waals surface area contributed by atoms with Gasteiger partial charge < -0.3 is 20.5 Å². The van der Waals surface area contributed by atoms with Gasteiger partial charge in [0.15, 0.2) is 0 Å². The van der Waals surface area contributed by atoms with Crippen molar-refractivity contribution in [3.8, 4) is 0 Å². The van der Waals surface area contributed by atoms with Gasteiger partial charge in [0.25, 0.3) is 5.91 Å². The Balaban J connectivity index is 1.41. The molecule has 0 aliphatic rings. The normalized spacial score (nSPS) is 10.5. The van der Waals surface area contributed by atoms with Gasteiger partial charge in [-0.2, -0.15) is 0 Å². The van der Waals surface area contributed by atoms with E-state index >= 15 is 0 Å². The highest BCUT2D eigenvalue weighted by Crippen LogP contribution is 2.21. The number of anilines is 5. The Hall–Kier alpha value is -4.27. The van der Waals surface area contributed by atoms with Crippen LogP contribution in [-0.4, -0.2) is 26.0 Å². The average molecular weight is 415 g/mol. The Labute approximate surface area is 178 Å². The monoisotopic (exact) mass is 415 g/mol. The summed E-state index contributed by atoms with van der Waals surface area (Å²) < 4.78 is 5.05. The van der Waals surface area contributed by atoms with Gasteiger partial charge in [0.1, 0.15) is 35.1 Å². The van der Waals surface area contributed by atoms with Gasteiger partial charge in [0.2, 0.25) is 0 Å². The van der Waals surface area contributed by atoms with Crippen LogP contribution in [0.3, 0.4) is 0 Å². The molecule has 9 nitrogen and oxygen atoms in total. The summed E-state index contributed by atoms with van der Waals surface area (Å²) in [4.78, 5) is 25.2. The summed E-state index contributed by atoms with van der Waals surface area (Å²) in [6.07, 6.45) is 3.21. The van der Waals surface area contributed by atoms with Crippen molar-refractivity contribution in [2.45, 2.75) is 20.8 Å². The third-order valence-corrected chi connectivity index (χ3v) is 4.51. The Morgan fingerprint density at radius 2 is 1.52 bits per heavy atom. The fourth-order valence-corrected chi connectivity index (χ4v) is 3.02. The van der Waals surface area contributed by atoms with Crippen LogP contribution in [0.5, 0.6) is 0 Å². The third-order valence-electron chi connectivity index (χ3n) is 4.51. The van der Waals surface area contributed by atoms with Gasteiger partial charge in [-0.05, 0) is 62.7 Å². The van der Waals surface area contributed by atoms with Gasteiger partial charge in [-0.15, -0.1) is 0 Å². The third kappa shape index (κ3) is 4.84. The van der Waals surface area contributed by atoms with E-state index in [0.717, 1.165) is 11.3 Å². The number of rotatable bonds is 6. The fourth-order valence-electron chi connectivity index (χ4n) is 3.02. The molecular formula is C22H21N7O2. The van der Waals surface area contributed by atoms with Gasteiger partial charge in [-0.3, -0.25) is 4.79 Å². The molecule has 1 aromatic carbocycles. The molecule has 0 saturated heterocycles. The lowest BCUT2D eigenvalue weighted by molar-refractivity contribution is 0.102. The predicted octanol–water partition coefficient (Wildman–Crippen LogP) is 4.52. The van der Waals surface area contributed by atoms with Gasteiger partial charge in [0.05, 0.1) is 5.69 Å². The summed E-state index contributed by atoms with van der Waals surface area (Å²) in [5.74, 6) is 2.19. The maximum atomic E-state index is 12.4. The molecule has 0 saturated carbocycles. The fraction of sp³-hybridized carbons (Fsp3) is 0.136. The van der Waals surface area contributed by atoms with E-state index in [1.807, 2.05) is 31.2 Å². The molecule has 156 valence electrons. The van der Waals surface area contributed by atoms with Crippen molar-refractivity contribution in [3.63, 3.8) is 0 Å². The van der Waals surface area contributed by atoms with Crippen LogP contribution >= 0.6 is 0 Å². The number of benzene rings is 1. The van der Waals surface area contributed by atoms with E-state index in [0.29, 0.717) is 40.2 Å². The number of nitrogens with one attached hydrogen (secondary N) is 3. The Bertz CT molecular complexity index is 1200. The zero-order valence-electron chi connectivity index (χ0n) is 17.3. The number of amides is 1. The van der Waals surface area contributed by atoms with Crippen LogP contribution in [-0.2, 0) is 0 Å². The van der Waals surface area contributed by atoms with Crippen LogP contribution in [0, 0.1) is 20.8 Å². The summed E-state index contributed by atoms with van der Waals surface area (Å²) in [5.41, 5.74) is 3.58. The van der Waals surface area contributed by atoms with Crippen LogP contribution in [0.15, 0.2) is 59.5 Å². The van der Waals surface area contributed by atoms with Crippen LogP contribution < -0.4 is 16.0 Å². The second-order valence-corrected chi connectivity index (χ2v) is 6.99. The van der Waals surface area contributed by atoms with Crippen molar-refractivity contribution < 1.29 is 9.32 Å². The first-order chi connectivity index (χ1) is 15.0. The molecule has 31 heavy (non-hydrogen) atoms. The summed E-state index contributed by atoms with van der Waals surface area (Å²) >= 11 is 0. The van der Waals surface area contributed by atoms with E-state index in [1.165, 1.54) is 6.33 Å². The standard InChI is InChI=1S/C22H21N7O2/c1-13-8-9-23-18(10-13)28-20-11-19(24-12-25-20)26-16-4-6-17(7-5-16)27-22(30)21-14(2)29-31-15(21)3/h4-12H,1-3H3,(H,27,30)(H2,23,24,25,26,28). The summed E-state index contributed by atoms with van der Waals surface area (Å²) in [7, 11) is 0. The number of aromatic nitrogens is 4. The summed E-state index contributed by atoms with van der Waals surface area (Å²) in [6, 6.07) is 13.0. The number of aryl methyl sites for hydroxylation is 3. The first-order valence-corrected chi connectivity index (χ1v) is 9.61. The van der Waals surface area contributed by atoms with Crippen molar-refractivity contribution in [3.05, 3.63) is 77.6 Å². The molecule has 0 spiro atoms. The van der Waals surface area contributed by atoms with E-state index in [2.05, 4.69) is 36.1 Å². The summed E-state index contributed by atoms with van der Waals surface area (Å²) in [6.45, 7) is 5.44. The van der Waals surface area contributed by atoms with Gasteiger partial charge >= 0.3 is 0 Å². The largest absolute Gasteiger partial charge is 0.361 e. The van der Waals surface area contributed by atoms with E-state index in [4.69, 9.17) is 4.52 Å². The minimum Gasteiger partial charge on any atom is -0.361 e. The van der Waals surface area contributed by atoms with Crippen LogP contribution in [0.25, 0.3) is 0 Å². The maximum absolute atomic E-state index is 12.4. The predicted molar refractivity (Wildman–Crippen MR) is 118 cm³/mol. The number of hydrogen-bond acceptors (Lipinski definition) is 8. The SMILES string of the molecule is Cc1ccnc(Nc2cc(Nc3ccc(NC(=O)c4c(C)noc4C)cc3)ncn2)c1. The Morgan fingerprint density at radius 1 is 0.839 bits per heavy atom. The molecule has 0 aliphatic heterocycles. The molecule has 9 heteroatoms. The van der Waals surface area contributed by atoms with Crippen molar-refractivity contribution in [1.82, 2.24) is 20.1 Å². The van der Waals surface area contributed by atoms with Crippen LogP contribution in [0.2, 0.25) is 0 Å². The number of hydrogen-bond donors (Lipinski definition) is 3. The summed E-state index contributed by atoms with van der Waals surface area (Å²) in [5, 5.41) is 13.0. The molecule has 0 radical (unpaired) electrons. The number of pyridine rings is 1. The van der Waals surface area contributed by atoms with Crippen molar-refractivity contribution in [2.75, 3.05) is 16.0 Å². The molecule has 4 aromatic rings. The van der Waals surface area contributed by atoms with Gasteiger partial charge in [0, 0.05) is 23.6 Å². The molecule has 0 fully saturated rings. The molecule has 3 heterocycles. The van der Waals surface area contributed by atoms with E-state index in [-0.39, 0.29) is 5.91 Å². The van der Waals surface area contributed by atoms with E-state index in [9.17, 15) is 4.79 Å². The van der Waals surface area contributed by atoms with Gasteiger partial charge in [-0.1, -0.05) is 5.16 Å². The highest BCUT2D eigenvalue weighted by Gasteiger charge is 2.17. The average Bonchev–Trinajstić information content (AvgIpc) is 3.08. The van der Waals surface area contributed by atoms with Gasteiger partial charge in [-0.25, -0.2) is 15.0 Å². The van der Waals surface area contributed by atoms with E-state index in [1.54, 1.807) is 38.2 Å². The molecule has 1 amide bonds. The second kappa shape index (κ2) is 8.62. The molecule has 4 rings (SSSR count). The highest BCUT2D eigenvalue weighted by molar-refractivity contribution is 6.05. The molecular weight excluding hydrogens is 394 g/mol. The van der Waals surface area contributed by atoms with E-state index < -0.39 is 0 Å². The molecule has 0 atom stereocenters. The van der Waals surface area contributed by atoms with Crippen molar-refractivity contribution in [1.29, 1.82) is 0 Å². The lowest BCUT2D eigenvalue weighted by atomic mass is 10.2. The zero-order chi connectivity index (χ0) is 21.8.